The number of nitrogens with one attached hydrogen (secondary N) is 2. The molecule has 1 atom stereocenters. The highest BCUT2D eigenvalue weighted by Crippen LogP contribution is 2.11. The molecule has 0 aliphatic heterocycles. The second-order valence-corrected chi connectivity index (χ2v) is 6.44. The normalized spacial score (nSPS) is 11.9. The molecule has 122 valence electrons. The first-order chi connectivity index (χ1) is 11.0. The van der Waals surface area contributed by atoms with Gasteiger partial charge in [-0.2, -0.15) is 0 Å². The van der Waals surface area contributed by atoms with E-state index in [0.717, 1.165) is 12.8 Å². The van der Waals surface area contributed by atoms with E-state index in [0.29, 0.717) is 10.9 Å². The monoisotopic (exact) mass is 331 g/mol. The molecule has 5 nitrogen and oxygen atoms in total. The Hall–Kier alpha value is -2.08. The van der Waals surface area contributed by atoms with Crippen molar-refractivity contribution in [2.75, 3.05) is 5.75 Å². The number of aryl methyl sites for hydroxylation is 2. The average molecular weight is 331 g/mol. The molecule has 23 heavy (non-hydrogen) atoms. The molecular weight excluding hydrogens is 310 g/mol. The van der Waals surface area contributed by atoms with Gasteiger partial charge in [0.25, 0.3) is 5.56 Å². The molecular formula is C17H21N3O2S. The maximum Gasteiger partial charge on any atom is 0.251 e. The van der Waals surface area contributed by atoms with Gasteiger partial charge in [0.05, 0.1) is 5.75 Å². The number of thioether (sulfide) groups is 1. The fourth-order valence-electron chi connectivity index (χ4n) is 2.17. The van der Waals surface area contributed by atoms with Gasteiger partial charge in [-0.05, 0) is 32.3 Å². The van der Waals surface area contributed by atoms with E-state index in [2.05, 4.69) is 27.4 Å². The van der Waals surface area contributed by atoms with Gasteiger partial charge in [-0.3, -0.25) is 9.59 Å². The summed E-state index contributed by atoms with van der Waals surface area (Å²) in [7, 11) is 0. The van der Waals surface area contributed by atoms with Crippen LogP contribution < -0.4 is 10.9 Å². The molecule has 0 aliphatic rings. The third-order valence-corrected chi connectivity index (χ3v) is 4.18. The number of hydrogen-bond acceptors (Lipinski definition) is 4. The molecule has 0 bridgehead atoms. The largest absolute Gasteiger partial charge is 0.353 e. The number of carbonyl (C=O) groups is 1. The van der Waals surface area contributed by atoms with Gasteiger partial charge in [-0.25, -0.2) is 4.98 Å². The highest BCUT2D eigenvalue weighted by atomic mass is 32.2. The van der Waals surface area contributed by atoms with Crippen LogP contribution in [0.1, 0.15) is 24.6 Å². The van der Waals surface area contributed by atoms with Crippen molar-refractivity contribution in [1.82, 2.24) is 15.3 Å². The fraction of sp³-hybridized carbons (Fsp3) is 0.353. The van der Waals surface area contributed by atoms with Gasteiger partial charge in [0, 0.05) is 17.8 Å². The van der Waals surface area contributed by atoms with E-state index in [9.17, 15) is 9.59 Å². The Morgan fingerprint density at radius 1 is 1.35 bits per heavy atom. The molecule has 1 heterocycles. The smallest absolute Gasteiger partial charge is 0.251 e. The molecule has 1 aromatic heterocycles. The summed E-state index contributed by atoms with van der Waals surface area (Å²) in [4.78, 5) is 30.1. The Kier molecular flexibility index (Phi) is 6.40. The summed E-state index contributed by atoms with van der Waals surface area (Å²) in [5.41, 5.74) is 1.72. The van der Waals surface area contributed by atoms with E-state index in [-0.39, 0.29) is 23.3 Å². The molecule has 0 unspecified atom stereocenters. The summed E-state index contributed by atoms with van der Waals surface area (Å²) in [6.45, 7) is 3.75. The highest BCUT2D eigenvalue weighted by molar-refractivity contribution is 7.99. The van der Waals surface area contributed by atoms with Crippen LogP contribution in [0.5, 0.6) is 0 Å². The maximum atomic E-state index is 12.0. The van der Waals surface area contributed by atoms with Crippen molar-refractivity contribution in [3.05, 3.63) is 58.0 Å². The van der Waals surface area contributed by atoms with E-state index < -0.39 is 0 Å². The summed E-state index contributed by atoms with van der Waals surface area (Å²) in [6.07, 6.45) is 1.82. The van der Waals surface area contributed by atoms with Crippen LogP contribution in [0.3, 0.4) is 0 Å². The number of benzene rings is 1. The lowest BCUT2D eigenvalue weighted by molar-refractivity contribution is -0.119. The van der Waals surface area contributed by atoms with Gasteiger partial charge in [0.15, 0.2) is 5.16 Å². The molecule has 1 amide bonds. The van der Waals surface area contributed by atoms with Gasteiger partial charge < -0.3 is 10.3 Å². The number of aromatic nitrogens is 2. The van der Waals surface area contributed by atoms with Gasteiger partial charge in [-0.15, -0.1) is 0 Å². The van der Waals surface area contributed by atoms with Crippen molar-refractivity contribution in [3.8, 4) is 0 Å². The Morgan fingerprint density at radius 3 is 2.78 bits per heavy atom. The van der Waals surface area contributed by atoms with Crippen LogP contribution >= 0.6 is 11.8 Å². The third kappa shape index (κ3) is 6.28. The van der Waals surface area contributed by atoms with E-state index in [1.807, 2.05) is 25.1 Å². The van der Waals surface area contributed by atoms with Crippen LogP contribution in [0.4, 0.5) is 0 Å². The molecule has 1 aromatic carbocycles. The summed E-state index contributed by atoms with van der Waals surface area (Å²) in [6, 6.07) is 11.7. The topological polar surface area (TPSA) is 74.8 Å². The highest BCUT2D eigenvalue weighted by Gasteiger charge is 2.09. The van der Waals surface area contributed by atoms with Gasteiger partial charge in [-0.1, -0.05) is 42.1 Å². The molecule has 6 heteroatoms. The minimum atomic E-state index is -0.198. The molecule has 2 aromatic rings. The van der Waals surface area contributed by atoms with E-state index >= 15 is 0 Å². The number of rotatable bonds is 7. The standard InChI is InChI=1S/C17H21N3O2S/c1-12(8-9-14-6-4-3-5-7-14)18-16(22)11-23-17-19-13(2)10-15(21)20-17/h3-7,10,12H,8-9,11H2,1-2H3,(H,18,22)(H,19,20,21)/t12-/m1/s1. The van der Waals surface area contributed by atoms with E-state index in [4.69, 9.17) is 0 Å². The van der Waals surface area contributed by atoms with Crippen LogP contribution in [0, 0.1) is 6.92 Å². The minimum absolute atomic E-state index is 0.0558. The zero-order valence-corrected chi connectivity index (χ0v) is 14.2. The van der Waals surface area contributed by atoms with Gasteiger partial charge in [0.1, 0.15) is 0 Å². The third-order valence-electron chi connectivity index (χ3n) is 3.30. The molecule has 0 radical (unpaired) electrons. The van der Waals surface area contributed by atoms with Crippen LogP contribution in [-0.2, 0) is 11.2 Å². The SMILES string of the molecule is Cc1cc(=O)[nH]c(SCC(=O)N[C@H](C)CCc2ccccc2)n1. The first-order valence-electron chi connectivity index (χ1n) is 7.57. The number of hydrogen-bond donors (Lipinski definition) is 2. The number of aromatic amines is 1. The molecule has 2 rings (SSSR count). The average Bonchev–Trinajstić information content (AvgIpc) is 2.51. The minimum Gasteiger partial charge on any atom is -0.353 e. The molecule has 0 spiro atoms. The lowest BCUT2D eigenvalue weighted by Crippen LogP contribution is -2.34. The van der Waals surface area contributed by atoms with Crippen LogP contribution in [-0.4, -0.2) is 27.7 Å². The van der Waals surface area contributed by atoms with Crippen molar-refractivity contribution in [1.29, 1.82) is 0 Å². The van der Waals surface area contributed by atoms with Gasteiger partial charge in [0.2, 0.25) is 5.91 Å². The first kappa shape index (κ1) is 17.3. The molecule has 0 saturated carbocycles. The van der Waals surface area contributed by atoms with Crippen molar-refractivity contribution >= 4 is 17.7 Å². The molecule has 0 fully saturated rings. The Labute approximate surface area is 139 Å². The zero-order chi connectivity index (χ0) is 16.7. The zero-order valence-electron chi connectivity index (χ0n) is 13.3. The van der Waals surface area contributed by atoms with Crippen LogP contribution in [0.15, 0.2) is 46.3 Å². The van der Waals surface area contributed by atoms with Crippen LogP contribution in [0.2, 0.25) is 0 Å². The predicted octanol–water partition coefficient (Wildman–Crippen LogP) is 2.31. The predicted molar refractivity (Wildman–Crippen MR) is 92.7 cm³/mol. The lowest BCUT2D eigenvalue weighted by Gasteiger charge is -2.13. The Balaban J connectivity index is 1.74. The number of H-pyrrole nitrogens is 1. The van der Waals surface area contributed by atoms with Gasteiger partial charge >= 0.3 is 0 Å². The first-order valence-corrected chi connectivity index (χ1v) is 8.55. The number of amides is 1. The summed E-state index contributed by atoms with van der Waals surface area (Å²) >= 11 is 1.23. The lowest BCUT2D eigenvalue weighted by atomic mass is 10.1. The molecule has 0 aliphatic carbocycles. The number of nitrogens with zero attached hydrogens (tertiary/aromatic N) is 1. The van der Waals surface area contributed by atoms with Crippen molar-refractivity contribution in [3.63, 3.8) is 0 Å². The molecule has 0 saturated heterocycles. The molecule has 2 N–H and O–H groups in total. The summed E-state index contributed by atoms with van der Waals surface area (Å²) in [5, 5.41) is 3.44. The summed E-state index contributed by atoms with van der Waals surface area (Å²) in [5.74, 6) is 0.182. The van der Waals surface area contributed by atoms with Crippen molar-refractivity contribution in [2.45, 2.75) is 37.9 Å². The van der Waals surface area contributed by atoms with Crippen molar-refractivity contribution in [2.24, 2.45) is 0 Å². The van der Waals surface area contributed by atoms with E-state index in [1.54, 1.807) is 6.92 Å². The maximum absolute atomic E-state index is 12.0. The van der Waals surface area contributed by atoms with E-state index in [1.165, 1.54) is 23.4 Å². The Bertz CT molecular complexity index is 700. The summed E-state index contributed by atoms with van der Waals surface area (Å²) < 4.78 is 0. The second kappa shape index (κ2) is 8.53. The second-order valence-electron chi connectivity index (χ2n) is 5.47. The fourth-order valence-corrected chi connectivity index (χ4v) is 2.90. The quantitative estimate of drug-likeness (QED) is 0.603. The van der Waals surface area contributed by atoms with Crippen LogP contribution in [0.25, 0.3) is 0 Å². The number of carbonyl (C=O) groups excluding carboxylic acids is 1. The van der Waals surface area contributed by atoms with Crippen molar-refractivity contribution < 1.29 is 4.79 Å². The Morgan fingerprint density at radius 2 is 2.09 bits per heavy atom.